The van der Waals surface area contributed by atoms with Crippen molar-refractivity contribution in [2.45, 2.75) is 18.9 Å². The Kier molecular flexibility index (Phi) is 2.73. The highest BCUT2D eigenvalue weighted by atomic mass is 19.1. The minimum atomic E-state index is -0.967. The first-order valence-corrected chi connectivity index (χ1v) is 5.93. The summed E-state index contributed by atoms with van der Waals surface area (Å²) in [6.45, 7) is 0. The Bertz CT molecular complexity index is 624. The molecule has 19 heavy (non-hydrogen) atoms. The lowest BCUT2D eigenvalue weighted by Gasteiger charge is -2.07. The van der Waals surface area contributed by atoms with Crippen molar-refractivity contribution in [1.82, 2.24) is 20.2 Å². The number of nitrogens with zero attached hydrogens (tertiary/aromatic N) is 4. The number of hydrogen-bond donors (Lipinski definition) is 1. The number of rotatable bonds is 4. The molecule has 1 aromatic heterocycles. The fraction of sp³-hybridized carbons (Fsp3) is 0.333. The molecule has 0 saturated heterocycles. The SMILES string of the molecule is O=C(O)C(C1CC1)n1nnc(-c2cccc(F)c2)n1. The fourth-order valence-corrected chi connectivity index (χ4v) is 1.99. The third-order valence-corrected chi connectivity index (χ3v) is 3.08. The van der Waals surface area contributed by atoms with Gasteiger partial charge in [-0.25, -0.2) is 9.18 Å². The molecule has 1 N–H and O–H groups in total. The maximum absolute atomic E-state index is 13.1. The van der Waals surface area contributed by atoms with Gasteiger partial charge in [-0.15, -0.1) is 15.0 Å². The highest BCUT2D eigenvalue weighted by molar-refractivity contribution is 5.72. The molecule has 7 heteroatoms. The van der Waals surface area contributed by atoms with Gasteiger partial charge in [-0.3, -0.25) is 0 Å². The zero-order valence-corrected chi connectivity index (χ0v) is 9.90. The van der Waals surface area contributed by atoms with Gasteiger partial charge in [0.15, 0.2) is 6.04 Å². The van der Waals surface area contributed by atoms with Crippen LogP contribution in [0, 0.1) is 11.7 Å². The molecule has 1 saturated carbocycles. The van der Waals surface area contributed by atoms with Crippen LogP contribution >= 0.6 is 0 Å². The lowest BCUT2D eigenvalue weighted by Crippen LogP contribution is -2.23. The second kappa shape index (κ2) is 4.42. The van der Waals surface area contributed by atoms with Crippen molar-refractivity contribution >= 4 is 5.97 Å². The molecule has 0 spiro atoms. The van der Waals surface area contributed by atoms with Crippen molar-refractivity contribution in [1.29, 1.82) is 0 Å². The number of carbonyl (C=O) groups is 1. The first kappa shape index (κ1) is 11.8. The zero-order valence-electron chi connectivity index (χ0n) is 9.90. The molecule has 1 aliphatic carbocycles. The Balaban J connectivity index is 1.92. The van der Waals surface area contributed by atoms with E-state index in [9.17, 15) is 14.3 Å². The van der Waals surface area contributed by atoms with Crippen LogP contribution in [0.5, 0.6) is 0 Å². The maximum atomic E-state index is 13.1. The van der Waals surface area contributed by atoms with Crippen molar-refractivity contribution in [2.24, 2.45) is 5.92 Å². The predicted molar refractivity (Wildman–Crippen MR) is 62.6 cm³/mol. The van der Waals surface area contributed by atoms with Crippen molar-refractivity contribution in [2.75, 3.05) is 0 Å². The molecule has 0 amide bonds. The van der Waals surface area contributed by atoms with Gasteiger partial charge in [0, 0.05) is 5.56 Å². The zero-order chi connectivity index (χ0) is 13.4. The van der Waals surface area contributed by atoms with Gasteiger partial charge in [-0.1, -0.05) is 12.1 Å². The molecule has 0 aliphatic heterocycles. The van der Waals surface area contributed by atoms with Crippen LogP contribution in [0.3, 0.4) is 0 Å². The molecule has 3 rings (SSSR count). The number of aliphatic carboxylic acids is 1. The highest BCUT2D eigenvalue weighted by Crippen LogP contribution is 2.39. The maximum Gasteiger partial charge on any atom is 0.330 e. The summed E-state index contributed by atoms with van der Waals surface area (Å²) in [6, 6.07) is 5.01. The average molecular weight is 262 g/mol. The fourth-order valence-electron chi connectivity index (χ4n) is 1.99. The highest BCUT2D eigenvalue weighted by Gasteiger charge is 2.39. The molecule has 6 nitrogen and oxygen atoms in total. The number of tetrazole rings is 1. The van der Waals surface area contributed by atoms with E-state index in [4.69, 9.17) is 0 Å². The molecule has 98 valence electrons. The molecule has 1 unspecified atom stereocenters. The van der Waals surface area contributed by atoms with E-state index in [1.807, 2.05) is 0 Å². The summed E-state index contributed by atoms with van der Waals surface area (Å²) in [6.07, 6.45) is 1.71. The van der Waals surface area contributed by atoms with Crippen LogP contribution in [-0.2, 0) is 4.79 Å². The third kappa shape index (κ3) is 2.31. The van der Waals surface area contributed by atoms with E-state index in [0.717, 1.165) is 17.6 Å². The van der Waals surface area contributed by atoms with Crippen LogP contribution in [0.4, 0.5) is 4.39 Å². The smallest absolute Gasteiger partial charge is 0.330 e. The van der Waals surface area contributed by atoms with Gasteiger partial charge in [0.1, 0.15) is 5.82 Å². The Morgan fingerprint density at radius 1 is 1.47 bits per heavy atom. The van der Waals surface area contributed by atoms with Crippen LogP contribution in [0.2, 0.25) is 0 Å². The average Bonchev–Trinajstić information content (AvgIpc) is 3.06. The van der Waals surface area contributed by atoms with E-state index in [2.05, 4.69) is 15.4 Å². The number of halogens is 1. The number of benzene rings is 1. The Morgan fingerprint density at radius 2 is 2.26 bits per heavy atom. The van der Waals surface area contributed by atoms with E-state index in [0.29, 0.717) is 5.56 Å². The summed E-state index contributed by atoms with van der Waals surface area (Å²) in [7, 11) is 0. The van der Waals surface area contributed by atoms with Gasteiger partial charge in [0.05, 0.1) is 0 Å². The number of aromatic nitrogens is 4. The van der Waals surface area contributed by atoms with Crippen molar-refractivity contribution in [3.8, 4) is 11.4 Å². The Hall–Kier alpha value is -2.31. The summed E-state index contributed by atoms with van der Waals surface area (Å²) in [5.41, 5.74) is 0.478. The topological polar surface area (TPSA) is 80.9 Å². The minimum absolute atomic E-state index is 0.0621. The van der Waals surface area contributed by atoms with Gasteiger partial charge in [-0.2, -0.15) is 0 Å². The van der Waals surface area contributed by atoms with E-state index in [-0.39, 0.29) is 11.7 Å². The summed E-state index contributed by atoms with van der Waals surface area (Å²) in [5.74, 6) is -1.07. The normalized spacial score (nSPS) is 16.3. The van der Waals surface area contributed by atoms with Crippen LogP contribution in [0.1, 0.15) is 18.9 Å². The van der Waals surface area contributed by atoms with Gasteiger partial charge in [0.2, 0.25) is 5.82 Å². The van der Waals surface area contributed by atoms with Crippen molar-refractivity contribution < 1.29 is 14.3 Å². The van der Waals surface area contributed by atoms with Crippen molar-refractivity contribution in [3.63, 3.8) is 0 Å². The largest absolute Gasteiger partial charge is 0.480 e. The number of hydrogen-bond acceptors (Lipinski definition) is 4. The summed E-state index contributed by atoms with van der Waals surface area (Å²) < 4.78 is 13.1. The molecular formula is C12H11FN4O2. The summed E-state index contributed by atoms with van der Waals surface area (Å²) in [5, 5.41) is 20.8. The second-order valence-corrected chi connectivity index (χ2v) is 4.56. The predicted octanol–water partition coefficient (Wildman–Crippen LogP) is 1.51. The van der Waals surface area contributed by atoms with E-state index in [1.165, 1.54) is 12.1 Å². The molecule has 0 radical (unpaired) electrons. The molecule has 0 bridgehead atoms. The first-order chi connectivity index (χ1) is 9.15. The molecule has 1 aliphatic rings. The molecule has 1 heterocycles. The third-order valence-electron chi connectivity index (χ3n) is 3.08. The van der Waals surface area contributed by atoms with E-state index >= 15 is 0 Å². The molecule has 1 atom stereocenters. The molecule has 1 aromatic carbocycles. The van der Waals surface area contributed by atoms with Crippen LogP contribution in [0.15, 0.2) is 24.3 Å². The number of carboxylic acids is 1. The van der Waals surface area contributed by atoms with Crippen LogP contribution in [0.25, 0.3) is 11.4 Å². The first-order valence-electron chi connectivity index (χ1n) is 5.93. The standard InChI is InChI=1S/C12H11FN4O2/c13-9-3-1-2-8(6-9)11-14-16-17(15-11)10(12(18)19)7-4-5-7/h1-3,6-7,10H,4-5H2,(H,18,19). The lowest BCUT2D eigenvalue weighted by molar-refractivity contribution is -0.142. The lowest BCUT2D eigenvalue weighted by atomic mass is 10.2. The summed E-state index contributed by atoms with van der Waals surface area (Å²) >= 11 is 0. The summed E-state index contributed by atoms with van der Waals surface area (Å²) in [4.78, 5) is 12.3. The molecule has 2 aromatic rings. The van der Waals surface area contributed by atoms with Gasteiger partial charge >= 0.3 is 5.97 Å². The quantitative estimate of drug-likeness (QED) is 0.903. The minimum Gasteiger partial charge on any atom is -0.480 e. The molecule has 1 fully saturated rings. The second-order valence-electron chi connectivity index (χ2n) is 4.56. The van der Waals surface area contributed by atoms with Gasteiger partial charge in [0.25, 0.3) is 0 Å². The van der Waals surface area contributed by atoms with Gasteiger partial charge < -0.3 is 5.11 Å². The monoisotopic (exact) mass is 262 g/mol. The van der Waals surface area contributed by atoms with Crippen LogP contribution < -0.4 is 0 Å². The van der Waals surface area contributed by atoms with Crippen molar-refractivity contribution in [3.05, 3.63) is 30.1 Å². The Morgan fingerprint density at radius 3 is 2.89 bits per heavy atom. The number of carboxylic acid groups (broad SMARTS) is 1. The molecular weight excluding hydrogens is 251 g/mol. The van der Waals surface area contributed by atoms with Gasteiger partial charge in [-0.05, 0) is 36.1 Å². The van der Waals surface area contributed by atoms with Crippen LogP contribution in [-0.4, -0.2) is 31.3 Å². The Labute approximate surface area is 107 Å². The van der Waals surface area contributed by atoms with E-state index < -0.39 is 17.8 Å². The van der Waals surface area contributed by atoms with E-state index in [1.54, 1.807) is 12.1 Å².